The fourth-order valence-corrected chi connectivity index (χ4v) is 14.1. The third-order valence-corrected chi connectivity index (χ3v) is 18.8. The van der Waals surface area contributed by atoms with Crippen LogP contribution >= 0.6 is 0 Å². The monoisotopic (exact) mass is 979 g/mol. The molecule has 0 aromatic heterocycles. The maximum absolute atomic E-state index is 12.5. The molecular weight excluding hydrogens is 897 g/mol. The number of hydrogen-bond acceptors (Lipinski definition) is 20. The highest BCUT2D eigenvalue weighted by molar-refractivity contribution is 5.32. The summed E-state index contributed by atoms with van der Waals surface area (Å²) in [6.07, 6.45) is -17.6. The summed E-state index contributed by atoms with van der Waals surface area (Å²) < 4.78 is 34.4. The van der Waals surface area contributed by atoms with Crippen molar-refractivity contribution in [3.8, 4) is 0 Å². The lowest BCUT2D eigenvalue weighted by Crippen LogP contribution is -2.65. The Morgan fingerprint density at radius 3 is 1.79 bits per heavy atom. The largest absolute Gasteiger partial charge is 0.394 e. The molecule has 7 rings (SSSR count). The molecule has 14 N–H and O–H groups in total. The third kappa shape index (κ3) is 9.30. The summed E-state index contributed by atoms with van der Waals surface area (Å²) in [4.78, 5) is 0. The van der Waals surface area contributed by atoms with Crippen LogP contribution in [0.2, 0.25) is 0 Å². The molecule has 20 nitrogen and oxygen atoms in total. The summed E-state index contributed by atoms with van der Waals surface area (Å²) in [6.45, 7) is 12.4. The summed E-state index contributed by atoms with van der Waals surface area (Å²) >= 11 is 0. The van der Waals surface area contributed by atoms with Crippen LogP contribution in [0.4, 0.5) is 0 Å². The van der Waals surface area contributed by atoms with Gasteiger partial charge in [0.1, 0.15) is 78.8 Å². The van der Waals surface area contributed by atoms with Gasteiger partial charge in [-0.15, -0.1) is 0 Å². The number of hydrogen-bond donors (Lipinski definition) is 14. The molecule has 20 heteroatoms. The first kappa shape index (κ1) is 54.7. The van der Waals surface area contributed by atoms with Crippen LogP contribution < -0.4 is 0 Å². The number of aliphatic hydroxyl groups excluding tert-OH is 13. The van der Waals surface area contributed by atoms with Gasteiger partial charge in [0, 0.05) is 10.8 Å². The second kappa shape index (κ2) is 20.3. The van der Waals surface area contributed by atoms with Crippen molar-refractivity contribution in [2.24, 2.45) is 45.3 Å². The molecular formula is C48H82O20. The minimum atomic E-state index is -1.85. The van der Waals surface area contributed by atoms with Gasteiger partial charge < -0.3 is 99.9 Å². The molecule has 6 fully saturated rings. The molecule has 4 aliphatic carbocycles. The van der Waals surface area contributed by atoms with Crippen molar-refractivity contribution in [1.29, 1.82) is 0 Å². The number of fused-ring (bicyclic) bond motifs is 5. The average molecular weight is 979 g/mol. The van der Waals surface area contributed by atoms with Crippen molar-refractivity contribution in [3.05, 3.63) is 11.6 Å². The number of aliphatic hydroxyl groups is 14. The molecule has 0 amide bonds. The van der Waals surface area contributed by atoms with Gasteiger partial charge in [-0.25, -0.2) is 0 Å². The van der Waals surface area contributed by atoms with E-state index in [1.807, 2.05) is 0 Å². The van der Waals surface area contributed by atoms with Crippen molar-refractivity contribution in [2.75, 3.05) is 26.4 Å². The van der Waals surface area contributed by atoms with Gasteiger partial charge in [0.05, 0.1) is 44.7 Å². The van der Waals surface area contributed by atoms with Gasteiger partial charge in [-0.2, -0.15) is 0 Å². The highest BCUT2D eigenvalue weighted by Gasteiger charge is 2.70. The number of allylic oxidation sites excluding steroid dienone is 1. The van der Waals surface area contributed by atoms with Crippen molar-refractivity contribution >= 4 is 0 Å². The van der Waals surface area contributed by atoms with Crippen LogP contribution in [0, 0.1) is 45.3 Å². The van der Waals surface area contributed by atoms with Gasteiger partial charge >= 0.3 is 0 Å². The Morgan fingerprint density at radius 1 is 0.676 bits per heavy atom. The van der Waals surface area contributed by atoms with Crippen LogP contribution in [0.3, 0.4) is 0 Å². The summed E-state index contributed by atoms with van der Waals surface area (Å²) in [6, 6.07) is 0. The summed E-state index contributed by atoms with van der Waals surface area (Å²) in [5.41, 5.74) is -2.01. The van der Waals surface area contributed by atoms with E-state index in [1.165, 1.54) is 12.5 Å². The normalized spacial score (nSPS) is 51.1. The van der Waals surface area contributed by atoms with E-state index in [0.717, 1.165) is 25.7 Å². The zero-order valence-electron chi connectivity index (χ0n) is 40.5. The summed E-state index contributed by atoms with van der Waals surface area (Å²) in [5.74, 6) is 0.513. The van der Waals surface area contributed by atoms with Crippen molar-refractivity contribution in [1.82, 2.24) is 0 Å². The Bertz CT molecular complexity index is 1730. The minimum Gasteiger partial charge on any atom is -0.394 e. The summed E-state index contributed by atoms with van der Waals surface area (Å²) in [7, 11) is 0. The standard InChI is InChI=1S/C48H82O20/c1-21(8-12-29(51)47(6,62)20-64-42-39(60)37(58)34(55)27(67-42)19-63-41-38(59)35(56)32(53)25(17-49)65-41)22-14-15-45(4)28-11-9-23-24(48(28,7)30(52)16-46(22,45)5)10-13-31(44(23,2)3)68-43-40(61)36(57)33(54)26(18-50)66-43/h9,21-22,24-43,49-62H,8,10-20H2,1-7H3/t21-,22-,24-,25-,26-,27-,28+,29?,30-,31+,32-,33-,34-,35+,36+,37+,38-,39-,40-,41-,42-,43+,45+,46-,47?,48+/m1/s1. The predicted molar refractivity (Wildman–Crippen MR) is 236 cm³/mol. The molecule has 2 unspecified atom stereocenters. The molecule has 0 bridgehead atoms. The molecule has 3 saturated heterocycles. The molecule has 0 radical (unpaired) electrons. The molecule has 68 heavy (non-hydrogen) atoms. The van der Waals surface area contributed by atoms with Crippen LogP contribution in [-0.2, 0) is 28.4 Å². The van der Waals surface area contributed by atoms with E-state index >= 15 is 0 Å². The number of ether oxygens (including phenoxy) is 6. The van der Waals surface area contributed by atoms with E-state index in [2.05, 4.69) is 47.6 Å². The Hall–Kier alpha value is -1.06. The Labute approximate surface area is 398 Å². The van der Waals surface area contributed by atoms with Gasteiger partial charge in [0.15, 0.2) is 18.9 Å². The minimum absolute atomic E-state index is 0.0579. The van der Waals surface area contributed by atoms with E-state index in [4.69, 9.17) is 28.4 Å². The fourth-order valence-electron chi connectivity index (χ4n) is 14.1. The van der Waals surface area contributed by atoms with Gasteiger partial charge in [0.25, 0.3) is 0 Å². The fraction of sp³-hybridized carbons (Fsp3) is 0.958. The van der Waals surface area contributed by atoms with E-state index in [9.17, 15) is 71.5 Å². The zero-order valence-corrected chi connectivity index (χ0v) is 40.5. The lowest BCUT2D eigenvalue weighted by atomic mass is 9.38. The molecule has 0 spiro atoms. The lowest BCUT2D eigenvalue weighted by molar-refractivity contribution is -0.335. The molecule has 0 aromatic carbocycles. The highest BCUT2D eigenvalue weighted by atomic mass is 16.7. The Kier molecular flexibility index (Phi) is 16.4. The Morgan fingerprint density at radius 2 is 1.21 bits per heavy atom. The molecule has 394 valence electrons. The van der Waals surface area contributed by atoms with Gasteiger partial charge in [-0.3, -0.25) is 0 Å². The smallest absolute Gasteiger partial charge is 0.187 e. The maximum Gasteiger partial charge on any atom is 0.187 e. The van der Waals surface area contributed by atoms with Gasteiger partial charge in [-0.05, 0) is 92.8 Å². The Balaban J connectivity index is 0.955. The lowest BCUT2D eigenvalue weighted by Gasteiger charge is -2.67. The molecule has 3 heterocycles. The van der Waals surface area contributed by atoms with Gasteiger partial charge in [0.2, 0.25) is 0 Å². The van der Waals surface area contributed by atoms with E-state index in [1.54, 1.807) is 0 Å². The summed E-state index contributed by atoms with van der Waals surface area (Å²) in [5, 5.41) is 149. The van der Waals surface area contributed by atoms with Crippen LogP contribution in [-0.4, -0.2) is 214 Å². The highest BCUT2D eigenvalue weighted by Crippen LogP contribution is 2.75. The second-order valence-corrected chi connectivity index (χ2v) is 23.0. The quantitative estimate of drug-likeness (QED) is 0.0783. The van der Waals surface area contributed by atoms with E-state index in [-0.39, 0.29) is 40.9 Å². The molecule has 3 saturated carbocycles. The number of rotatable bonds is 15. The average Bonchev–Trinajstić information content (AvgIpc) is 3.56. The van der Waals surface area contributed by atoms with Crippen molar-refractivity contribution in [3.63, 3.8) is 0 Å². The van der Waals surface area contributed by atoms with E-state index < -0.39 is 153 Å². The molecule has 7 aliphatic rings. The zero-order chi connectivity index (χ0) is 50.2. The molecule has 26 atom stereocenters. The SMILES string of the molecule is C[C@H](CCC(O)C(C)(O)CO[C@@H]1O[C@H](CO[C@@H]2O[C@H](CO)[C@@H](O)[C@H](O)[C@H]2O)[C@@H](O)[C@H](O)[C@H]1O)[C@H]1CC[C@@]2(C)[C@@H]3CC=C4[C@@H](CC[C@H](O[C@@H]5O[C@H](CO)[C@@H](O)[C@H](O)[C@H]5O)C4(C)C)[C@]3(C)[C@H](O)C[C@]12C. The van der Waals surface area contributed by atoms with Crippen LogP contribution in [0.1, 0.15) is 99.8 Å². The first-order chi connectivity index (χ1) is 31.7. The van der Waals surface area contributed by atoms with Crippen LogP contribution in [0.15, 0.2) is 11.6 Å². The van der Waals surface area contributed by atoms with Crippen LogP contribution in [0.25, 0.3) is 0 Å². The van der Waals surface area contributed by atoms with Crippen molar-refractivity contribution < 1.29 is 99.9 Å². The van der Waals surface area contributed by atoms with Crippen LogP contribution in [0.5, 0.6) is 0 Å². The first-order valence-electron chi connectivity index (χ1n) is 24.7. The second-order valence-electron chi connectivity index (χ2n) is 23.0. The third-order valence-electron chi connectivity index (χ3n) is 18.8. The molecule has 3 aliphatic heterocycles. The maximum atomic E-state index is 12.5. The molecule has 0 aromatic rings. The van der Waals surface area contributed by atoms with E-state index in [0.29, 0.717) is 19.3 Å². The predicted octanol–water partition coefficient (Wildman–Crippen LogP) is -2.08. The van der Waals surface area contributed by atoms with Gasteiger partial charge in [-0.1, -0.05) is 53.2 Å². The first-order valence-corrected chi connectivity index (χ1v) is 24.7. The van der Waals surface area contributed by atoms with Crippen molar-refractivity contribution in [2.45, 2.75) is 216 Å². The topological polar surface area (TPSA) is 339 Å².